The summed E-state index contributed by atoms with van der Waals surface area (Å²) in [5, 5.41) is 0.714. The summed E-state index contributed by atoms with van der Waals surface area (Å²) in [7, 11) is 3.15. The maximum Gasteiger partial charge on any atom is 0.200 e. The maximum atomic E-state index is 6.13. The van der Waals surface area contributed by atoms with E-state index >= 15 is 0 Å². The van der Waals surface area contributed by atoms with Crippen molar-refractivity contribution in [3.8, 4) is 0 Å². The maximum absolute atomic E-state index is 6.13. The van der Waals surface area contributed by atoms with Gasteiger partial charge in [-0.2, -0.15) is 0 Å². The minimum Gasteiger partial charge on any atom is -0.350 e. The summed E-state index contributed by atoms with van der Waals surface area (Å²) in [4.78, 5) is 8.68. The highest BCUT2D eigenvalue weighted by Gasteiger charge is 2.12. The Morgan fingerprint density at radius 1 is 1.16 bits per heavy atom. The second-order valence-electron chi connectivity index (χ2n) is 3.97. The van der Waals surface area contributed by atoms with Crippen LogP contribution < -0.4 is 0 Å². The Labute approximate surface area is 117 Å². The van der Waals surface area contributed by atoms with Gasteiger partial charge in [-0.1, -0.05) is 29.8 Å². The molecule has 100 valence electrons. The molecular weight excluding hydrogens is 264 g/mol. The molecule has 0 aliphatic carbocycles. The first-order valence-electron chi connectivity index (χ1n) is 5.85. The zero-order valence-corrected chi connectivity index (χ0v) is 11.6. The second kappa shape index (κ2) is 6.61. The van der Waals surface area contributed by atoms with Crippen LogP contribution in [0.4, 0.5) is 0 Å². The first kappa shape index (κ1) is 13.9. The summed E-state index contributed by atoms with van der Waals surface area (Å²) in [5.41, 5.74) is 1.69. The fraction of sp³-hybridized carbons (Fsp3) is 0.286. The molecule has 0 fully saturated rings. The molecule has 0 radical (unpaired) electrons. The third-order valence-corrected chi connectivity index (χ3v) is 3.07. The second-order valence-corrected chi connectivity index (χ2v) is 4.38. The van der Waals surface area contributed by atoms with Crippen LogP contribution in [0.2, 0.25) is 5.02 Å². The van der Waals surface area contributed by atoms with Gasteiger partial charge >= 0.3 is 0 Å². The number of hydrogen-bond acceptors (Lipinski definition) is 4. The minimum absolute atomic E-state index is 0.479. The Kier molecular flexibility index (Phi) is 4.85. The highest BCUT2D eigenvalue weighted by Crippen LogP contribution is 2.19. The molecule has 0 N–H and O–H groups in total. The van der Waals surface area contributed by atoms with Crippen LogP contribution in [0.5, 0.6) is 0 Å². The standard InChI is InChI=1S/C14H15ClN2O2/c1-18-14(19-2)12-7-8-16-13(17-12)9-10-5-3-4-6-11(10)15/h3-8,14H,9H2,1-2H3. The number of benzene rings is 1. The van der Waals surface area contributed by atoms with Crippen LogP contribution in [0.15, 0.2) is 36.5 Å². The van der Waals surface area contributed by atoms with Gasteiger partial charge in [0.15, 0.2) is 0 Å². The number of halogens is 1. The smallest absolute Gasteiger partial charge is 0.200 e. The molecule has 1 aromatic carbocycles. The molecule has 0 bridgehead atoms. The van der Waals surface area contributed by atoms with Crippen LogP contribution in [0, 0.1) is 0 Å². The van der Waals surface area contributed by atoms with E-state index in [4.69, 9.17) is 21.1 Å². The molecule has 4 nitrogen and oxygen atoms in total. The fourth-order valence-electron chi connectivity index (χ4n) is 1.78. The summed E-state index contributed by atoms with van der Waals surface area (Å²) in [6.45, 7) is 0. The van der Waals surface area contributed by atoms with Crippen molar-refractivity contribution in [2.75, 3.05) is 14.2 Å². The van der Waals surface area contributed by atoms with E-state index in [2.05, 4.69) is 9.97 Å². The van der Waals surface area contributed by atoms with Gasteiger partial charge in [0.25, 0.3) is 0 Å². The summed E-state index contributed by atoms with van der Waals surface area (Å²) in [5.74, 6) is 0.685. The molecule has 1 heterocycles. The summed E-state index contributed by atoms with van der Waals surface area (Å²) in [6, 6.07) is 9.43. The monoisotopic (exact) mass is 278 g/mol. The third kappa shape index (κ3) is 3.50. The number of rotatable bonds is 5. The Morgan fingerprint density at radius 2 is 1.89 bits per heavy atom. The topological polar surface area (TPSA) is 44.2 Å². The highest BCUT2D eigenvalue weighted by atomic mass is 35.5. The van der Waals surface area contributed by atoms with Gasteiger partial charge in [0, 0.05) is 31.9 Å². The van der Waals surface area contributed by atoms with Crippen molar-refractivity contribution in [3.63, 3.8) is 0 Å². The molecule has 2 aromatic rings. The average molecular weight is 279 g/mol. The number of ether oxygens (including phenoxy) is 2. The first-order valence-corrected chi connectivity index (χ1v) is 6.23. The van der Waals surface area contributed by atoms with Crippen LogP contribution in [0.25, 0.3) is 0 Å². The van der Waals surface area contributed by atoms with Crippen LogP contribution in [0.1, 0.15) is 23.4 Å². The van der Waals surface area contributed by atoms with Gasteiger partial charge in [-0.05, 0) is 17.7 Å². The van der Waals surface area contributed by atoms with E-state index < -0.39 is 6.29 Å². The third-order valence-electron chi connectivity index (χ3n) is 2.70. The molecule has 0 aliphatic heterocycles. The van der Waals surface area contributed by atoms with Crippen molar-refractivity contribution in [1.82, 2.24) is 9.97 Å². The number of hydrogen-bond donors (Lipinski definition) is 0. The van der Waals surface area contributed by atoms with Crippen molar-refractivity contribution in [2.24, 2.45) is 0 Å². The molecule has 5 heteroatoms. The normalized spacial score (nSPS) is 10.9. The van der Waals surface area contributed by atoms with Gasteiger partial charge in [0.1, 0.15) is 5.82 Å². The molecular formula is C14H15ClN2O2. The summed E-state index contributed by atoms with van der Waals surface area (Å²) in [6.07, 6.45) is 1.79. The van der Waals surface area contributed by atoms with Crippen molar-refractivity contribution in [2.45, 2.75) is 12.7 Å². The van der Waals surface area contributed by atoms with Gasteiger partial charge in [-0.15, -0.1) is 0 Å². The Hall–Kier alpha value is -1.49. The lowest BCUT2D eigenvalue weighted by atomic mass is 10.1. The summed E-state index contributed by atoms with van der Waals surface area (Å²) < 4.78 is 10.4. The molecule has 0 saturated heterocycles. The first-order chi connectivity index (χ1) is 9.24. The van der Waals surface area contributed by atoms with Crippen LogP contribution in [-0.4, -0.2) is 24.2 Å². The molecule has 0 amide bonds. The van der Waals surface area contributed by atoms with Crippen LogP contribution in [0.3, 0.4) is 0 Å². The zero-order valence-electron chi connectivity index (χ0n) is 10.8. The zero-order chi connectivity index (χ0) is 13.7. The highest BCUT2D eigenvalue weighted by molar-refractivity contribution is 6.31. The molecule has 19 heavy (non-hydrogen) atoms. The largest absolute Gasteiger partial charge is 0.350 e. The van der Waals surface area contributed by atoms with E-state index in [0.29, 0.717) is 23.0 Å². The number of nitrogens with zero attached hydrogens (tertiary/aromatic N) is 2. The number of aromatic nitrogens is 2. The van der Waals surface area contributed by atoms with Crippen molar-refractivity contribution in [3.05, 3.63) is 58.6 Å². The lowest BCUT2D eigenvalue weighted by Crippen LogP contribution is -2.08. The van der Waals surface area contributed by atoms with E-state index in [1.54, 1.807) is 26.5 Å². The Morgan fingerprint density at radius 3 is 2.58 bits per heavy atom. The lowest BCUT2D eigenvalue weighted by molar-refractivity contribution is -0.108. The van der Waals surface area contributed by atoms with E-state index in [1.807, 2.05) is 24.3 Å². The molecule has 0 saturated carbocycles. The van der Waals surface area contributed by atoms with Gasteiger partial charge in [-0.25, -0.2) is 9.97 Å². The summed E-state index contributed by atoms with van der Waals surface area (Å²) >= 11 is 6.13. The van der Waals surface area contributed by atoms with Gasteiger partial charge < -0.3 is 9.47 Å². The quantitative estimate of drug-likeness (QED) is 0.789. The average Bonchev–Trinajstić information content (AvgIpc) is 2.43. The Bertz CT molecular complexity index is 544. The van der Waals surface area contributed by atoms with E-state index in [0.717, 1.165) is 5.56 Å². The van der Waals surface area contributed by atoms with Gasteiger partial charge in [0.2, 0.25) is 6.29 Å². The van der Waals surface area contributed by atoms with Crippen molar-refractivity contribution >= 4 is 11.6 Å². The molecule has 0 spiro atoms. The van der Waals surface area contributed by atoms with Crippen LogP contribution >= 0.6 is 11.6 Å². The minimum atomic E-state index is -0.479. The predicted molar refractivity (Wildman–Crippen MR) is 73.0 cm³/mol. The van der Waals surface area contributed by atoms with Crippen molar-refractivity contribution < 1.29 is 9.47 Å². The van der Waals surface area contributed by atoms with E-state index in [1.165, 1.54) is 0 Å². The van der Waals surface area contributed by atoms with Crippen molar-refractivity contribution in [1.29, 1.82) is 0 Å². The molecule has 1 aromatic heterocycles. The molecule has 2 rings (SSSR count). The fourth-order valence-corrected chi connectivity index (χ4v) is 1.98. The van der Waals surface area contributed by atoms with Gasteiger partial charge in [-0.3, -0.25) is 0 Å². The molecule has 0 atom stereocenters. The SMILES string of the molecule is COC(OC)c1ccnc(Cc2ccccc2Cl)n1. The Balaban J connectivity index is 2.22. The van der Waals surface area contributed by atoms with Gasteiger partial charge in [0.05, 0.1) is 5.69 Å². The number of methoxy groups -OCH3 is 2. The lowest BCUT2D eigenvalue weighted by Gasteiger charge is -2.13. The van der Waals surface area contributed by atoms with E-state index in [9.17, 15) is 0 Å². The molecule has 0 aliphatic rings. The predicted octanol–water partition coefficient (Wildman–Crippen LogP) is 3.01. The van der Waals surface area contributed by atoms with E-state index in [-0.39, 0.29) is 0 Å². The van der Waals surface area contributed by atoms with Crippen LogP contribution in [-0.2, 0) is 15.9 Å². The molecule has 0 unspecified atom stereocenters.